The van der Waals surface area contributed by atoms with Crippen LogP contribution in [0.1, 0.15) is 28.0 Å². The summed E-state index contributed by atoms with van der Waals surface area (Å²) in [5, 5.41) is 4.75. The Labute approximate surface area is 123 Å². The van der Waals surface area contributed by atoms with Gasteiger partial charge in [-0.3, -0.25) is 0 Å². The van der Waals surface area contributed by atoms with Crippen molar-refractivity contribution >= 4 is 23.5 Å². The minimum Gasteiger partial charge on any atom is -0.237 e. The highest BCUT2D eigenvalue weighted by atomic mass is 32.2. The van der Waals surface area contributed by atoms with Crippen molar-refractivity contribution in [2.24, 2.45) is 0 Å². The molecular formula is C15H18N2S2. The van der Waals surface area contributed by atoms with Crippen LogP contribution in [0.3, 0.4) is 0 Å². The molecule has 1 aliphatic heterocycles. The first-order valence-corrected chi connectivity index (χ1v) is 8.72. The number of nitrogens with zero attached hydrogens (tertiary/aromatic N) is 2. The van der Waals surface area contributed by atoms with Gasteiger partial charge in [0.1, 0.15) is 0 Å². The molecule has 1 fully saturated rings. The zero-order valence-electron chi connectivity index (χ0n) is 11.3. The Balaban J connectivity index is 2.00. The van der Waals surface area contributed by atoms with Crippen molar-refractivity contribution in [1.29, 1.82) is 0 Å². The van der Waals surface area contributed by atoms with Crippen LogP contribution in [0, 0.1) is 13.8 Å². The zero-order valence-corrected chi connectivity index (χ0v) is 12.9. The number of para-hydroxylation sites is 1. The largest absolute Gasteiger partial charge is 0.237 e. The van der Waals surface area contributed by atoms with Crippen molar-refractivity contribution in [3.05, 3.63) is 47.3 Å². The lowest BCUT2D eigenvalue weighted by atomic mass is 10.2. The van der Waals surface area contributed by atoms with Crippen LogP contribution in [0.15, 0.2) is 30.3 Å². The molecule has 2 heterocycles. The highest BCUT2D eigenvalue weighted by Crippen LogP contribution is 2.46. The third-order valence-corrected chi connectivity index (χ3v) is 6.35. The van der Waals surface area contributed by atoms with Gasteiger partial charge in [-0.2, -0.15) is 5.10 Å². The van der Waals surface area contributed by atoms with E-state index in [0.29, 0.717) is 4.58 Å². The minimum absolute atomic E-state index is 0.561. The Hall–Kier alpha value is -0.870. The zero-order chi connectivity index (χ0) is 13.2. The van der Waals surface area contributed by atoms with Gasteiger partial charge in [0, 0.05) is 11.3 Å². The van der Waals surface area contributed by atoms with Gasteiger partial charge in [-0.1, -0.05) is 18.2 Å². The average Bonchev–Trinajstić information content (AvgIpc) is 2.76. The smallest absolute Gasteiger partial charge is 0.0787 e. The van der Waals surface area contributed by atoms with E-state index in [9.17, 15) is 0 Å². The maximum Gasteiger partial charge on any atom is 0.0787 e. The summed E-state index contributed by atoms with van der Waals surface area (Å²) < 4.78 is 2.65. The molecule has 0 aliphatic carbocycles. The standard InChI is InChI=1S/C15H18N2S2/c1-11-14(15-18-9-6-10-19-15)12(2)17(16-11)13-7-4-3-5-8-13/h3-5,7-8,15H,6,9-10H2,1-2H3. The third kappa shape index (κ3) is 2.56. The molecule has 1 aromatic heterocycles. The van der Waals surface area contributed by atoms with E-state index >= 15 is 0 Å². The number of hydrogen-bond donors (Lipinski definition) is 0. The van der Waals surface area contributed by atoms with E-state index in [1.54, 1.807) is 0 Å². The van der Waals surface area contributed by atoms with Crippen LogP contribution in [-0.4, -0.2) is 21.3 Å². The molecule has 0 unspecified atom stereocenters. The summed E-state index contributed by atoms with van der Waals surface area (Å²) in [5.41, 5.74) is 5.04. The monoisotopic (exact) mass is 290 g/mol. The SMILES string of the molecule is Cc1nn(-c2ccccc2)c(C)c1C1SCCCS1. The van der Waals surface area contributed by atoms with E-state index in [1.807, 2.05) is 6.07 Å². The molecule has 0 saturated carbocycles. The lowest BCUT2D eigenvalue weighted by Gasteiger charge is -2.21. The van der Waals surface area contributed by atoms with E-state index in [2.05, 4.69) is 66.3 Å². The van der Waals surface area contributed by atoms with Gasteiger partial charge in [0.05, 0.1) is 16.0 Å². The van der Waals surface area contributed by atoms with Gasteiger partial charge in [0.25, 0.3) is 0 Å². The molecule has 100 valence electrons. The lowest BCUT2D eigenvalue weighted by Crippen LogP contribution is -2.03. The van der Waals surface area contributed by atoms with E-state index in [1.165, 1.54) is 34.9 Å². The molecule has 1 aliphatic rings. The fraction of sp³-hybridized carbons (Fsp3) is 0.400. The minimum atomic E-state index is 0.561. The van der Waals surface area contributed by atoms with Gasteiger partial charge in [-0.25, -0.2) is 4.68 Å². The second-order valence-electron chi connectivity index (χ2n) is 4.76. The molecule has 0 amide bonds. The van der Waals surface area contributed by atoms with Crippen molar-refractivity contribution in [1.82, 2.24) is 9.78 Å². The molecule has 2 aromatic rings. The first-order valence-electron chi connectivity index (χ1n) is 6.62. The van der Waals surface area contributed by atoms with E-state index in [0.717, 1.165) is 5.69 Å². The topological polar surface area (TPSA) is 17.8 Å². The highest BCUT2D eigenvalue weighted by Gasteiger charge is 2.24. The molecule has 0 atom stereocenters. The summed E-state index contributed by atoms with van der Waals surface area (Å²) in [4.78, 5) is 0. The predicted octanol–water partition coefficient (Wildman–Crippen LogP) is 4.36. The van der Waals surface area contributed by atoms with Gasteiger partial charge in [0.15, 0.2) is 0 Å². The second kappa shape index (κ2) is 5.63. The lowest BCUT2D eigenvalue weighted by molar-refractivity contribution is 0.833. The second-order valence-corrected chi connectivity index (χ2v) is 7.48. The van der Waals surface area contributed by atoms with Gasteiger partial charge in [0.2, 0.25) is 0 Å². The molecule has 3 rings (SSSR count). The Morgan fingerprint density at radius 2 is 1.79 bits per heavy atom. The number of thioether (sulfide) groups is 2. The van der Waals surface area contributed by atoms with Crippen molar-refractivity contribution in [2.75, 3.05) is 11.5 Å². The van der Waals surface area contributed by atoms with Crippen LogP contribution >= 0.6 is 23.5 Å². The third-order valence-electron chi connectivity index (χ3n) is 3.41. The van der Waals surface area contributed by atoms with E-state index in [-0.39, 0.29) is 0 Å². The molecule has 4 heteroatoms. The Morgan fingerprint density at radius 1 is 1.11 bits per heavy atom. The summed E-state index contributed by atoms with van der Waals surface area (Å²) in [7, 11) is 0. The maximum atomic E-state index is 4.75. The fourth-order valence-electron chi connectivity index (χ4n) is 2.47. The fourth-order valence-corrected chi connectivity index (χ4v) is 5.68. The molecule has 1 saturated heterocycles. The summed E-state index contributed by atoms with van der Waals surface area (Å²) in [5.74, 6) is 2.54. The summed E-state index contributed by atoms with van der Waals surface area (Å²) in [6.45, 7) is 4.33. The average molecular weight is 290 g/mol. The van der Waals surface area contributed by atoms with Crippen molar-refractivity contribution < 1.29 is 0 Å². The number of benzene rings is 1. The number of aryl methyl sites for hydroxylation is 1. The molecule has 0 radical (unpaired) electrons. The summed E-state index contributed by atoms with van der Waals surface area (Å²) >= 11 is 4.13. The summed E-state index contributed by atoms with van der Waals surface area (Å²) in [6.07, 6.45) is 1.33. The van der Waals surface area contributed by atoms with Crippen LogP contribution in [0.25, 0.3) is 5.69 Å². The molecule has 0 bridgehead atoms. The van der Waals surface area contributed by atoms with Crippen LogP contribution in [0.4, 0.5) is 0 Å². The molecule has 0 spiro atoms. The van der Waals surface area contributed by atoms with E-state index < -0.39 is 0 Å². The Morgan fingerprint density at radius 3 is 2.47 bits per heavy atom. The van der Waals surface area contributed by atoms with Crippen molar-refractivity contribution in [2.45, 2.75) is 24.9 Å². The molecule has 1 aromatic carbocycles. The van der Waals surface area contributed by atoms with E-state index in [4.69, 9.17) is 5.10 Å². The van der Waals surface area contributed by atoms with Crippen molar-refractivity contribution in [3.8, 4) is 5.69 Å². The van der Waals surface area contributed by atoms with Gasteiger partial charge >= 0.3 is 0 Å². The molecule has 2 nitrogen and oxygen atoms in total. The summed E-state index contributed by atoms with van der Waals surface area (Å²) in [6, 6.07) is 10.4. The van der Waals surface area contributed by atoms with Crippen LogP contribution < -0.4 is 0 Å². The number of aromatic nitrogens is 2. The highest BCUT2D eigenvalue weighted by molar-refractivity contribution is 8.16. The molecule has 19 heavy (non-hydrogen) atoms. The Bertz CT molecular complexity index is 557. The molecular weight excluding hydrogens is 272 g/mol. The predicted molar refractivity (Wildman–Crippen MR) is 85.3 cm³/mol. The van der Waals surface area contributed by atoms with Gasteiger partial charge in [-0.15, -0.1) is 23.5 Å². The number of hydrogen-bond acceptors (Lipinski definition) is 3. The Kier molecular flexibility index (Phi) is 3.89. The molecule has 0 N–H and O–H groups in total. The van der Waals surface area contributed by atoms with Crippen LogP contribution in [0.5, 0.6) is 0 Å². The first-order chi connectivity index (χ1) is 9.27. The van der Waals surface area contributed by atoms with Crippen molar-refractivity contribution in [3.63, 3.8) is 0 Å². The van der Waals surface area contributed by atoms with Gasteiger partial charge < -0.3 is 0 Å². The maximum absolute atomic E-state index is 4.75. The van der Waals surface area contributed by atoms with Crippen LogP contribution in [-0.2, 0) is 0 Å². The van der Waals surface area contributed by atoms with Crippen LogP contribution in [0.2, 0.25) is 0 Å². The first kappa shape index (κ1) is 13.1. The number of rotatable bonds is 2. The normalized spacial score (nSPS) is 16.7. The van der Waals surface area contributed by atoms with Gasteiger partial charge in [-0.05, 0) is 43.9 Å². The quantitative estimate of drug-likeness (QED) is 0.818.